The standard InChI is InChI=1S/C21H18N2O2S/c1-14-3-5-15(6-4-14)11-23-13-22-20-19(21(23)24)18(12-26-20)16-7-9-17(25-2)10-8-16/h3-10,12-13H,11H2,1-2H3. The fraction of sp³-hybridized carbons (Fsp3) is 0.143. The second kappa shape index (κ2) is 6.77. The Labute approximate surface area is 155 Å². The third-order valence-corrected chi connectivity index (χ3v) is 5.32. The van der Waals surface area contributed by atoms with E-state index in [0.717, 1.165) is 27.3 Å². The van der Waals surface area contributed by atoms with E-state index in [4.69, 9.17) is 4.74 Å². The number of methoxy groups -OCH3 is 1. The number of hydrogen-bond donors (Lipinski definition) is 0. The summed E-state index contributed by atoms with van der Waals surface area (Å²) < 4.78 is 6.89. The predicted molar refractivity (Wildman–Crippen MR) is 106 cm³/mol. The van der Waals surface area contributed by atoms with Crippen LogP contribution in [0, 0.1) is 6.92 Å². The minimum atomic E-state index is -0.0114. The number of thiophene rings is 1. The van der Waals surface area contributed by atoms with Gasteiger partial charge in [0.15, 0.2) is 0 Å². The third-order valence-electron chi connectivity index (χ3n) is 4.44. The van der Waals surface area contributed by atoms with Crippen LogP contribution >= 0.6 is 11.3 Å². The van der Waals surface area contributed by atoms with Crippen molar-refractivity contribution in [3.63, 3.8) is 0 Å². The van der Waals surface area contributed by atoms with Crippen LogP contribution in [-0.4, -0.2) is 16.7 Å². The van der Waals surface area contributed by atoms with E-state index >= 15 is 0 Å². The molecule has 0 amide bonds. The molecule has 0 aliphatic rings. The van der Waals surface area contributed by atoms with Gasteiger partial charge in [-0.1, -0.05) is 42.0 Å². The molecule has 0 aliphatic carbocycles. The lowest BCUT2D eigenvalue weighted by Gasteiger charge is -2.07. The molecule has 0 bridgehead atoms. The van der Waals surface area contributed by atoms with Gasteiger partial charge in [0.25, 0.3) is 5.56 Å². The van der Waals surface area contributed by atoms with E-state index in [9.17, 15) is 4.79 Å². The highest BCUT2D eigenvalue weighted by Gasteiger charge is 2.13. The molecule has 4 rings (SSSR count). The Balaban J connectivity index is 1.78. The fourth-order valence-corrected chi connectivity index (χ4v) is 3.86. The lowest BCUT2D eigenvalue weighted by molar-refractivity contribution is 0.415. The highest BCUT2D eigenvalue weighted by Crippen LogP contribution is 2.31. The molecule has 26 heavy (non-hydrogen) atoms. The normalized spacial score (nSPS) is 11.0. The second-order valence-electron chi connectivity index (χ2n) is 6.22. The van der Waals surface area contributed by atoms with Gasteiger partial charge in [0, 0.05) is 10.9 Å². The summed E-state index contributed by atoms with van der Waals surface area (Å²) in [5.74, 6) is 0.795. The van der Waals surface area contributed by atoms with Crippen molar-refractivity contribution < 1.29 is 4.74 Å². The zero-order chi connectivity index (χ0) is 18.1. The van der Waals surface area contributed by atoms with Crippen molar-refractivity contribution >= 4 is 21.6 Å². The SMILES string of the molecule is COc1ccc(-c2csc3ncn(Cc4ccc(C)cc4)c(=O)c23)cc1. The zero-order valence-electron chi connectivity index (χ0n) is 14.6. The van der Waals surface area contributed by atoms with E-state index in [2.05, 4.69) is 24.0 Å². The smallest absolute Gasteiger partial charge is 0.263 e. The average Bonchev–Trinajstić information content (AvgIpc) is 3.11. The van der Waals surface area contributed by atoms with Gasteiger partial charge in [0.2, 0.25) is 0 Å². The summed E-state index contributed by atoms with van der Waals surface area (Å²) in [7, 11) is 1.64. The predicted octanol–water partition coefficient (Wildman–Crippen LogP) is 4.49. The van der Waals surface area contributed by atoms with E-state index in [1.54, 1.807) is 18.0 Å². The minimum absolute atomic E-state index is 0.0114. The van der Waals surface area contributed by atoms with Crippen LogP contribution in [0.4, 0.5) is 0 Å². The Bertz CT molecular complexity index is 1110. The van der Waals surface area contributed by atoms with Gasteiger partial charge in [0.05, 0.1) is 25.4 Å². The first-order valence-corrected chi connectivity index (χ1v) is 9.20. The number of fused-ring (bicyclic) bond motifs is 1. The molecular formula is C21H18N2O2S. The summed E-state index contributed by atoms with van der Waals surface area (Å²) in [5.41, 5.74) is 4.18. The summed E-state index contributed by atoms with van der Waals surface area (Å²) in [4.78, 5) is 18.3. The van der Waals surface area contributed by atoms with E-state index < -0.39 is 0 Å². The molecule has 0 N–H and O–H groups in total. The van der Waals surface area contributed by atoms with Crippen LogP contribution in [-0.2, 0) is 6.54 Å². The van der Waals surface area contributed by atoms with Crippen molar-refractivity contribution in [3.8, 4) is 16.9 Å². The number of nitrogens with zero attached hydrogens (tertiary/aromatic N) is 2. The molecule has 2 heterocycles. The van der Waals surface area contributed by atoms with Crippen LogP contribution in [0.1, 0.15) is 11.1 Å². The van der Waals surface area contributed by atoms with Crippen molar-refractivity contribution in [3.05, 3.63) is 81.7 Å². The largest absolute Gasteiger partial charge is 0.497 e. The molecule has 0 saturated carbocycles. The van der Waals surface area contributed by atoms with Crippen LogP contribution in [0.15, 0.2) is 65.0 Å². The number of rotatable bonds is 4. The van der Waals surface area contributed by atoms with E-state index in [1.165, 1.54) is 16.9 Å². The molecule has 0 fully saturated rings. The first-order chi connectivity index (χ1) is 12.7. The van der Waals surface area contributed by atoms with Crippen molar-refractivity contribution in [2.75, 3.05) is 7.11 Å². The highest BCUT2D eigenvalue weighted by atomic mass is 32.1. The molecule has 5 heteroatoms. The molecule has 2 aromatic heterocycles. The molecular weight excluding hydrogens is 344 g/mol. The van der Waals surface area contributed by atoms with E-state index in [-0.39, 0.29) is 5.56 Å². The van der Waals surface area contributed by atoms with Crippen LogP contribution in [0.5, 0.6) is 5.75 Å². The fourth-order valence-electron chi connectivity index (χ4n) is 2.95. The molecule has 2 aromatic carbocycles. The van der Waals surface area contributed by atoms with Crippen LogP contribution in [0.25, 0.3) is 21.3 Å². The van der Waals surface area contributed by atoms with Crippen LogP contribution < -0.4 is 10.3 Å². The van der Waals surface area contributed by atoms with Gasteiger partial charge < -0.3 is 4.74 Å². The Morgan fingerprint density at radius 3 is 2.50 bits per heavy atom. The maximum Gasteiger partial charge on any atom is 0.263 e. The average molecular weight is 362 g/mol. The van der Waals surface area contributed by atoms with Gasteiger partial charge in [0.1, 0.15) is 10.6 Å². The third kappa shape index (κ3) is 3.02. The van der Waals surface area contributed by atoms with Gasteiger partial charge in [-0.25, -0.2) is 4.98 Å². The topological polar surface area (TPSA) is 44.1 Å². The molecule has 0 spiro atoms. The van der Waals surface area contributed by atoms with Crippen LogP contribution in [0.2, 0.25) is 0 Å². The van der Waals surface area contributed by atoms with Crippen molar-refractivity contribution in [1.29, 1.82) is 0 Å². The lowest BCUT2D eigenvalue weighted by atomic mass is 10.1. The zero-order valence-corrected chi connectivity index (χ0v) is 15.4. The quantitative estimate of drug-likeness (QED) is 0.537. The highest BCUT2D eigenvalue weighted by molar-refractivity contribution is 7.17. The Morgan fingerprint density at radius 1 is 1.08 bits per heavy atom. The van der Waals surface area contributed by atoms with Gasteiger partial charge >= 0.3 is 0 Å². The lowest BCUT2D eigenvalue weighted by Crippen LogP contribution is -2.20. The Hall–Kier alpha value is -2.92. The summed E-state index contributed by atoms with van der Waals surface area (Å²) in [5, 5.41) is 2.67. The van der Waals surface area contributed by atoms with Crippen molar-refractivity contribution in [2.45, 2.75) is 13.5 Å². The first kappa shape index (κ1) is 16.5. The molecule has 4 aromatic rings. The maximum atomic E-state index is 13.1. The number of aromatic nitrogens is 2. The molecule has 130 valence electrons. The molecule has 0 unspecified atom stereocenters. The minimum Gasteiger partial charge on any atom is -0.497 e. The van der Waals surface area contributed by atoms with Crippen LogP contribution in [0.3, 0.4) is 0 Å². The second-order valence-corrected chi connectivity index (χ2v) is 7.08. The molecule has 4 nitrogen and oxygen atoms in total. The van der Waals surface area contributed by atoms with E-state index in [0.29, 0.717) is 11.9 Å². The van der Waals surface area contributed by atoms with Crippen molar-refractivity contribution in [1.82, 2.24) is 9.55 Å². The number of benzene rings is 2. The Morgan fingerprint density at radius 2 is 1.81 bits per heavy atom. The van der Waals surface area contributed by atoms with Gasteiger partial charge in [-0.05, 0) is 30.2 Å². The maximum absolute atomic E-state index is 13.1. The monoisotopic (exact) mass is 362 g/mol. The van der Waals surface area contributed by atoms with Gasteiger partial charge in [-0.15, -0.1) is 11.3 Å². The van der Waals surface area contributed by atoms with Crippen molar-refractivity contribution in [2.24, 2.45) is 0 Å². The van der Waals surface area contributed by atoms with Gasteiger partial charge in [-0.3, -0.25) is 9.36 Å². The summed E-state index contributed by atoms with van der Waals surface area (Å²) >= 11 is 1.49. The molecule has 0 atom stereocenters. The van der Waals surface area contributed by atoms with Gasteiger partial charge in [-0.2, -0.15) is 0 Å². The number of hydrogen-bond acceptors (Lipinski definition) is 4. The first-order valence-electron chi connectivity index (χ1n) is 8.32. The molecule has 0 saturated heterocycles. The molecule has 0 aliphatic heterocycles. The summed E-state index contributed by atoms with van der Waals surface area (Å²) in [6, 6.07) is 15.9. The molecule has 0 radical (unpaired) electrons. The summed E-state index contributed by atoms with van der Waals surface area (Å²) in [6.07, 6.45) is 1.64. The summed E-state index contributed by atoms with van der Waals surface area (Å²) in [6.45, 7) is 2.57. The Kier molecular flexibility index (Phi) is 4.31. The number of aryl methyl sites for hydroxylation is 1. The van der Waals surface area contributed by atoms with E-state index in [1.807, 2.05) is 41.8 Å². The number of ether oxygens (including phenoxy) is 1.